The zero-order chi connectivity index (χ0) is 11.7. The molecule has 17 heavy (non-hydrogen) atoms. The van der Waals surface area contributed by atoms with Gasteiger partial charge in [0.2, 0.25) is 0 Å². The average molecular weight is 255 g/mol. The summed E-state index contributed by atoms with van der Waals surface area (Å²) < 4.78 is 5.31. The van der Waals surface area contributed by atoms with Gasteiger partial charge in [-0.1, -0.05) is 6.42 Å². The highest BCUT2D eigenvalue weighted by molar-refractivity contribution is 7.80. The summed E-state index contributed by atoms with van der Waals surface area (Å²) in [6.07, 6.45) is 5.56. The highest BCUT2D eigenvalue weighted by Gasteiger charge is 2.39. The van der Waals surface area contributed by atoms with Crippen molar-refractivity contribution in [1.29, 1.82) is 0 Å². The van der Waals surface area contributed by atoms with Crippen LogP contribution in [0.25, 0.3) is 0 Å². The molecule has 3 unspecified atom stereocenters. The predicted molar refractivity (Wildman–Crippen MR) is 70.5 cm³/mol. The zero-order valence-corrected chi connectivity index (χ0v) is 11.0. The average Bonchev–Trinajstić information content (AvgIpc) is 2.92. The Bertz CT molecular complexity index is 293. The Hall–Kier alpha value is -0.390. The van der Waals surface area contributed by atoms with Crippen LogP contribution in [0, 0.1) is 11.8 Å². The molecule has 2 bridgehead atoms. The first-order chi connectivity index (χ1) is 8.31. The van der Waals surface area contributed by atoms with Crippen LogP contribution in [0.2, 0.25) is 0 Å². The number of hydrogen-bond acceptors (Lipinski definition) is 3. The van der Waals surface area contributed by atoms with Gasteiger partial charge in [0.25, 0.3) is 0 Å². The quantitative estimate of drug-likeness (QED) is 0.717. The van der Waals surface area contributed by atoms with E-state index in [0.29, 0.717) is 6.04 Å². The lowest BCUT2D eigenvalue weighted by molar-refractivity contribution is 0.0245. The summed E-state index contributed by atoms with van der Waals surface area (Å²) in [6.45, 7) is 3.42. The number of nitrogens with zero attached hydrogens (tertiary/aromatic N) is 1. The molecule has 0 spiro atoms. The van der Waals surface area contributed by atoms with Gasteiger partial charge in [-0.05, 0) is 43.3 Å². The fourth-order valence-corrected chi connectivity index (χ4v) is 3.72. The van der Waals surface area contributed by atoms with E-state index in [1.807, 2.05) is 0 Å². The molecule has 0 radical (unpaired) electrons. The van der Waals surface area contributed by atoms with E-state index < -0.39 is 0 Å². The number of fused-ring (bicyclic) bond motifs is 2. The Kier molecular flexibility index (Phi) is 3.49. The minimum Gasteiger partial charge on any atom is -0.379 e. The van der Waals surface area contributed by atoms with Gasteiger partial charge < -0.3 is 10.1 Å². The van der Waals surface area contributed by atoms with E-state index in [2.05, 4.69) is 15.8 Å². The van der Waals surface area contributed by atoms with Crippen LogP contribution in [0.5, 0.6) is 0 Å². The van der Waals surface area contributed by atoms with Crippen LogP contribution >= 0.6 is 12.2 Å². The lowest BCUT2D eigenvalue weighted by Crippen LogP contribution is -2.54. The van der Waals surface area contributed by atoms with Gasteiger partial charge in [0.1, 0.15) is 0 Å². The fourth-order valence-electron chi connectivity index (χ4n) is 3.44. The second-order valence-electron chi connectivity index (χ2n) is 5.47. The first-order valence-electron chi connectivity index (χ1n) is 6.71. The maximum atomic E-state index is 5.38. The van der Waals surface area contributed by atoms with Crippen molar-refractivity contribution in [1.82, 2.24) is 15.8 Å². The van der Waals surface area contributed by atoms with Crippen LogP contribution in [0.15, 0.2) is 0 Å². The molecule has 1 saturated heterocycles. The minimum atomic E-state index is 0.620. The summed E-state index contributed by atoms with van der Waals surface area (Å²) in [5.74, 6) is 1.83. The van der Waals surface area contributed by atoms with E-state index in [1.165, 1.54) is 25.7 Å². The minimum absolute atomic E-state index is 0.620. The standard InChI is InChI=1S/C12H21N3OS/c17-12(14-15-3-5-16-6-4-15)13-11-8-9-1-2-10(11)7-9/h9-11H,1-8H2,(H2,13,14,17). The van der Waals surface area contributed by atoms with Gasteiger partial charge in [-0.25, -0.2) is 5.01 Å². The molecule has 0 aromatic carbocycles. The summed E-state index contributed by atoms with van der Waals surface area (Å²) in [7, 11) is 0. The van der Waals surface area contributed by atoms with Crippen molar-refractivity contribution in [2.75, 3.05) is 26.3 Å². The van der Waals surface area contributed by atoms with Crippen LogP contribution in [0.3, 0.4) is 0 Å². The number of thiocarbonyl (C=S) groups is 1. The van der Waals surface area contributed by atoms with Gasteiger partial charge in [0.05, 0.1) is 13.2 Å². The molecule has 3 atom stereocenters. The maximum Gasteiger partial charge on any atom is 0.181 e. The van der Waals surface area contributed by atoms with Crippen LogP contribution in [-0.4, -0.2) is 42.5 Å². The first-order valence-corrected chi connectivity index (χ1v) is 7.12. The second-order valence-corrected chi connectivity index (χ2v) is 5.87. The van der Waals surface area contributed by atoms with Gasteiger partial charge in [0.15, 0.2) is 5.11 Å². The zero-order valence-electron chi connectivity index (χ0n) is 10.2. The number of hydrogen-bond donors (Lipinski definition) is 2. The van der Waals surface area contributed by atoms with Gasteiger partial charge in [-0.15, -0.1) is 0 Å². The molecule has 4 nitrogen and oxygen atoms in total. The van der Waals surface area contributed by atoms with E-state index in [-0.39, 0.29) is 0 Å². The molecule has 2 saturated carbocycles. The largest absolute Gasteiger partial charge is 0.379 e. The monoisotopic (exact) mass is 255 g/mol. The van der Waals surface area contributed by atoms with E-state index in [1.54, 1.807) is 0 Å². The third kappa shape index (κ3) is 2.72. The fraction of sp³-hybridized carbons (Fsp3) is 0.917. The SMILES string of the molecule is S=C(NC1CC2CCC1C2)NN1CCOCC1. The Morgan fingerprint density at radius 2 is 2.00 bits per heavy atom. The normalized spacial score (nSPS) is 37.1. The number of rotatable bonds is 2. The van der Waals surface area contributed by atoms with Crippen molar-refractivity contribution < 1.29 is 4.74 Å². The Labute approximate surface area is 108 Å². The lowest BCUT2D eigenvalue weighted by atomic mass is 9.96. The van der Waals surface area contributed by atoms with E-state index in [9.17, 15) is 0 Å². The molecule has 3 rings (SSSR count). The smallest absolute Gasteiger partial charge is 0.181 e. The molecule has 2 N–H and O–H groups in total. The molecule has 0 aromatic rings. The summed E-state index contributed by atoms with van der Waals surface area (Å²) in [4.78, 5) is 0. The van der Waals surface area contributed by atoms with Gasteiger partial charge in [-0.2, -0.15) is 0 Å². The molecule has 1 heterocycles. The molecule has 2 aliphatic carbocycles. The molecule has 96 valence electrons. The third-order valence-corrected chi connectivity index (χ3v) is 4.53. The van der Waals surface area contributed by atoms with E-state index in [4.69, 9.17) is 17.0 Å². The van der Waals surface area contributed by atoms with Crippen molar-refractivity contribution in [3.63, 3.8) is 0 Å². The third-order valence-electron chi connectivity index (χ3n) is 4.33. The summed E-state index contributed by atoms with van der Waals surface area (Å²) in [5.41, 5.74) is 3.28. The highest BCUT2D eigenvalue weighted by atomic mass is 32.1. The lowest BCUT2D eigenvalue weighted by Gasteiger charge is -2.30. The number of nitrogens with one attached hydrogen (secondary N) is 2. The molecular weight excluding hydrogens is 234 g/mol. The van der Waals surface area contributed by atoms with Crippen molar-refractivity contribution in [2.45, 2.75) is 31.7 Å². The Morgan fingerprint density at radius 3 is 2.65 bits per heavy atom. The van der Waals surface area contributed by atoms with Crippen LogP contribution in [0.1, 0.15) is 25.7 Å². The molecule has 5 heteroatoms. The molecule has 0 aromatic heterocycles. The van der Waals surface area contributed by atoms with Crippen LogP contribution < -0.4 is 10.7 Å². The first kappa shape index (κ1) is 11.7. The summed E-state index contributed by atoms with van der Waals surface area (Å²) >= 11 is 5.38. The number of hydrazine groups is 1. The van der Waals surface area contributed by atoms with E-state index in [0.717, 1.165) is 43.3 Å². The Morgan fingerprint density at radius 1 is 1.18 bits per heavy atom. The van der Waals surface area contributed by atoms with Gasteiger partial charge >= 0.3 is 0 Å². The van der Waals surface area contributed by atoms with Crippen molar-refractivity contribution >= 4 is 17.3 Å². The van der Waals surface area contributed by atoms with Gasteiger partial charge in [-0.3, -0.25) is 5.43 Å². The van der Waals surface area contributed by atoms with Crippen LogP contribution in [-0.2, 0) is 4.74 Å². The topological polar surface area (TPSA) is 36.5 Å². The number of morpholine rings is 1. The molecule has 3 fully saturated rings. The maximum absolute atomic E-state index is 5.38. The molecule has 0 amide bonds. The van der Waals surface area contributed by atoms with Crippen molar-refractivity contribution in [3.05, 3.63) is 0 Å². The summed E-state index contributed by atoms with van der Waals surface area (Å²) in [5, 5.41) is 6.44. The van der Waals surface area contributed by atoms with Crippen molar-refractivity contribution in [3.8, 4) is 0 Å². The van der Waals surface area contributed by atoms with Crippen LogP contribution in [0.4, 0.5) is 0 Å². The number of ether oxygens (including phenoxy) is 1. The predicted octanol–water partition coefficient (Wildman–Crippen LogP) is 0.886. The Balaban J connectivity index is 1.44. The second kappa shape index (κ2) is 5.08. The summed E-state index contributed by atoms with van der Waals surface area (Å²) in [6, 6.07) is 0.620. The van der Waals surface area contributed by atoms with E-state index >= 15 is 0 Å². The molecular formula is C12H21N3OS. The molecule has 1 aliphatic heterocycles. The van der Waals surface area contributed by atoms with Crippen molar-refractivity contribution in [2.24, 2.45) is 11.8 Å². The van der Waals surface area contributed by atoms with Gasteiger partial charge in [0, 0.05) is 19.1 Å². The highest BCUT2D eigenvalue weighted by Crippen LogP contribution is 2.44. The molecule has 3 aliphatic rings.